The number of benzene rings is 4. The highest BCUT2D eigenvalue weighted by molar-refractivity contribution is 6.05. The molecule has 0 amide bonds. The van der Waals surface area contributed by atoms with Gasteiger partial charge in [0.2, 0.25) is 28.8 Å². The van der Waals surface area contributed by atoms with E-state index >= 15 is 0 Å². The van der Waals surface area contributed by atoms with E-state index in [1.165, 1.54) is 6.07 Å². The van der Waals surface area contributed by atoms with Crippen LogP contribution in [0.25, 0.3) is 0 Å². The van der Waals surface area contributed by atoms with Gasteiger partial charge in [-0.15, -0.1) is 0 Å². The van der Waals surface area contributed by atoms with Crippen LogP contribution in [0.1, 0.15) is 119 Å². The molecule has 0 aliphatic carbocycles. The van der Waals surface area contributed by atoms with Gasteiger partial charge in [0.15, 0.2) is 45.7 Å². The summed E-state index contributed by atoms with van der Waals surface area (Å²) in [4.78, 5) is 53.8. The monoisotopic (exact) mass is 840 g/mol. The third kappa shape index (κ3) is 9.64. The minimum Gasteiger partial charge on any atom is -0.504 e. The lowest BCUT2D eigenvalue weighted by Crippen LogP contribution is -2.45. The Hall–Kier alpha value is -7.23. The number of ketones is 2. The predicted molar refractivity (Wildman–Crippen MR) is 219 cm³/mol. The highest BCUT2D eigenvalue weighted by atomic mass is 16.5. The molecule has 0 aliphatic rings. The van der Waals surface area contributed by atoms with Crippen LogP contribution in [0, 0.1) is 0 Å². The number of esters is 1. The zero-order valence-corrected chi connectivity index (χ0v) is 34.0. The summed E-state index contributed by atoms with van der Waals surface area (Å²) in [6.45, 7) is 6.71. The van der Waals surface area contributed by atoms with Gasteiger partial charge in [0.25, 0.3) is 0 Å². The number of aromatic amines is 1. The number of phenols is 6. The predicted octanol–water partition coefficient (Wildman–Crippen LogP) is 7.77. The van der Waals surface area contributed by atoms with E-state index in [0.717, 1.165) is 42.0 Å². The maximum absolute atomic E-state index is 14.5. The number of nitrogens with one attached hydrogen (secondary N) is 1. The van der Waals surface area contributed by atoms with E-state index in [9.17, 15) is 54.9 Å². The van der Waals surface area contributed by atoms with Crippen LogP contribution in [0.5, 0.6) is 51.7 Å². The van der Waals surface area contributed by atoms with Gasteiger partial charge in [-0.2, -0.15) is 5.10 Å². The number of aromatic carboxylic acids is 1. The number of H-pyrrole nitrogens is 1. The first-order valence-corrected chi connectivity index (χ1v) is 19.7. The minimum atomic E-state index is -1.84. The molecule has 322 valence electrons. The molecule has 2 unspecified atom stereocenters. The number of aromatic hydroxyl groups is 6. The smallest absolute Gasteiger partial charge is 0.361 e. The highest BCUT2D eigenvalue weighted by Gasteiger charge is 2.43. The molecule has 8 N–H and O–H groups in total. The number of ether oxygens (including phenoxy) is 3. The summed E-state index contributed by atoms with van der Waals surface area (Å²) >= 11 is 0. The van der Waals surface area contributed by atoms with Gasteiger partial charge in [-0.25, -0.2) is 9.59 Å². The van der Waals surface area contributed by atoms with E-state index in [4.69, 9.17) is 14.2 Å². The van der Waals surface area contributed by atoms with Crippen molar-refractivity contribution >= 4 is 23.5 Å². The van der Waals surface area contributed by atoms with E-state index in [1.54, 1.807) is 27.7 Å². The number of aryl methyl sites for hydroxylation is 2. The molecule has 0 aliphatic heterocycles. The molecule has 0 saturated carbocycles. The van der Waals surface area contributed by atoms with E-state index in [2.05, 4.69) is 10.2 Å². The second-order valence-corrected chi connectivity index (χ2v) is 14.5. The van der Waals surface area contributed by atoms with Crippen molar-refractivity contribution in [3.63, 3.8) is 0 Å². The molecule has 16 heteroatoms. The third-order valence-corrected chi connectivity index (χ3v) is 10.4. The van der Waals surface area contributed by atoms with Gasteiger partial charge >= 0.3 is 11.9 Å². The second-order valence-electron chi connectivity index (χ2n) is 14.5. The molecule has 0 fully saturated rings. The molecule has 1 aromatic heterocycles. The van der Waals surface area contributed by atoms with Crippen molar-refractivity contribution < 1.29 is 69.1 Å². The van der Waals surface area contributed by atoms with Gasteiger partial charge < -0.3 is 50.0 Å². The lowest BCUT2D eigenvalue weighted by molar-refractivity contribution is 0.0353. The zero-order chi connectivity index (χ0) is 44.6. The molecule has 0 bridgehead atoms. The van der Waals surface area contributed by atoms with Crippen LogP contribution in [-0.2, 0) is 12.8 Å². The molecule has 5 aromatic rings. The van der Waals surface area contributed by atoms with Gasteiger partial charge in [0.1, 0.15) is 5.69 Å². The van der Waals surface area contributed by atoms with Crippen molar-refractivity contribution in [2.24, 2.45) is 0 Å². The number of aromatic nitrogens is 2. The fourth-order valence-corrected chi connectivity index (χ4v) is 7.06. The van der Waals surface area contributed by atoms with Crippen molar-refractivity contribution in [2.45, 2.75) is 90.3 Å². The summed E-state index contributed by atoms with van der Waals surface area (Å²) in [6, 6.07) is 17.0. The number of carboxylic acid groups (broad SMARTS) is 1. The Labute approximate surface area is 350 Å². The van der Waals surface area contributed by atoms with Crippen LogP contribution < -0.4 is 14.2 Å². The number of hydrogen-bond acceptors (Lipinski definition) is 14. The van der Waals surface area contributed by atoms with E-state index in [0.29, 0.717) is 31.4 Å². The molecule has 4 aromatic carbocycles. The number of carbonyl (C=O) groups excluding carboxylic acids is 3. The Morgan fingerprint density at radius 2 is 1.07 bits per heavy atom. The lowest BCUT2D eigenvalue weighted by atomic mass is 9.84. The standard InChI is InChI=1S/C45H48N2O14/c1-5-16-44(7-3,40(54)26-18-31(48)37(51)34(21-26)59-43(58)30-24-29(46-47-30)15-14-25-12-10-9-11-13-25)60-35-22-27(19-32(49)38(35)52)41(55)45(8-4,17-6-2)61-36-23-28(42(56)57)20-33(50)39(36)53/h9-13,18-24,48-53H,5-8,14-17H2,1-4H3,(H,46,47)(H,56,57). The number of nitrogens with zero attached hydrogens (tertiary/aromatic N) is 1. The first-order chi connectivity index (χ1) is 29.0. The number of carboxylic acids is 1. The van der Waals surface area contributed by atoms with Crippen LogP contribution >= 0.6 is 0 Å². The van der Waals surface area contributed by atoms with Gasteiger partial charge in [0, 0.05) is 11.1 Å². The summed E-state index contributed by atoms with van der Waals surface area (Å²) in [6.07, 6.45) is 1.75. The van der Waals surface area contributed by atoms with Gasteiger partial charge in [-0.05, 0) is 86.6 Å². The highest BCUT2D eigenvalue weighted by Crippen LogP contribution is 2.45. The number of hydrogen-bond donors (Lipinski definition) is 8. The molecule has 0 radical (unpaired) electrons. The van der Waals surface area contributed by atoms with Crippen molar-refractivity contribution in [1.82, 2.24) is 10.2 Å². The normalized spacial score (nSPS) is 13.1. The van der Waals surface area contributed by atoms with E-state index < -0.39 is 92.0 Å². The number of carbonyl (C=O) groups is 4. The largest absolute Gasteiger partial charge is 0.504 e. The summed E-state index contributed by atoms with van der Waals surface area (Å²) in [5.74, 6) is -10.4. The summed E-state index contributed by atoms with van der Waals surface area (Å²) in [7, 11) is 0. The van der Waals surface area contributed by atoms with Crippen LogP contribution in [0.3, 0.4) is 0 Å². The number of Topliss-reactive ketones (excluding diaryl/α,β-unsaturated/α-hetero) is 2. The van der Waals surface area contributed by atoms with Crippen molar-refractivity contribution in [3.8, 4) is 51.7 Å². The number of phenolic OH excluding ortho intramolecular Hbond substituents is 6. The molecule has 5 rings (SSSR count). The maximum atomic E-state index is 14.5. The van der Waals surface area contributed by atoms with Gasteiger partial charge in [-0.1, -0.05) is 70.9 Å². The molecule has 1 heterocycles. The van der Waals surface area contributed by atoms with E-state index in [-0.39, 0.29) is 42.5 Å². The average Bonchev–Trinajstić information content (AvgIpc) is 3.73. The number of rotatable bonds is 20. The fourth-order valence-electron chi connectivity index (χ4n) is 7.06. The molecule has 2 atom stereocenters. The van der Waals surface area contributed by atoms with Crippen LogP contribution in [0.15, 0.2) is 72.8 Å². The molecule has 0 spiro atoms. The average molecular weight is 841 g/mol. The second kappa shape index (κ2) is 18.8. The molecular weight excluding hydrogens is 792 g/mol. The Bertz CT molecular complexity index is 2430. The quantitative estimate of drug-likeness (QED) is 0.0161. The van der Waals surface area contributed by atoms with Gasteiger partial charge in [-0.3, -0.25) is 14.7 Å². The summed E-state index contributed by atoms with van der Waals surface area (Å²) in [5.41, 5.74) is -3.01. The van der Waals surface area contributed by atoms with Crippen molar-refractivity contribution in [3.05, 3.63) is 106 Å². The van der Waals surface area contributed by atoms with Crippen molar-refractivity contribution in [2.75, 3.05) is 0 Å². The Balaban J connectivity index is 1.46. The molecule has 0 saturated heterocycles. The first-order valence-electron chi connectivity index (χ1n) is 19.7. The summed E-state index contributed by atoms with van der Waals surface area (Å²) in [5, 5.41) is 80.5. The third-order valence-electron chi connectivity index (χ3n) is 10.4. The topological polar surface area (TPSA) is 266 Å². The Morgan fingerprint density at radius 1 is 0.607 bits per heavy atom. The molecule has 61 heavy (non-hydrogen) atoms. The SMILES string of the molecule is CCCC(CC)(Oc1cc(C(=O)O)cc(O)c1O)C(=O)c1cc(O)c(O)c(OC(CC)(CCC)C(=O)c2cc(O)c(O)c(OC(=O)c3cc(CCc4ccccc4)n[nH]3)c2)c1. The van der Waals surface area contributed by atoms with Crippen LogP contribution in [-0.4, -0.2) is 80.7 Å². The molecule has 16 nitrogen and oxygen atoms in total. The van der Waals surface area contributed by atoms with Crippen LogP contribution in [0.4, 0.5) is 0 Å². The first kappa shape index (κ1) is 44.9. The minimum absolute atomic E-state index is 0.00208. The summed E-state index contributed by atoms with van der Waals surface area (Å²) < 4.78 is 17.7. The lowest BCUT2D eigenvalue weighted by Gasteiger charge is -2.34. The van der Waals surface area contributed by atoms with Crippen LogP contribution in [0.2, 0.25) is 0 Å². The van der Waals surface area contributed by atoms with Gasteiger partial charge in [0.05, 0.1) is 11.3 Å². The zero-order valence-electron chi connectivity index (χ0n) is 34.0. The Morgan fingerprint density at radius 3 is 1.54 bits per heavy atom. The fraction of sp³-hybridized carbons (Fsp3) is 0.311. The Kier molecular flexibility index (Phi) is 13.8. The van der Waals surface area contributed by atoms with E-state index in [1.807, 2.05) is 30.3 Å². The van der Waals surface area contributed by atoms with Crippen molar-refractivity contribution in [1.29, 1.82) is 0 Å². The molecular formula is C45H48N2O14. The maximum Gasteiger partial charge on any atom is 0.361 e.